The van der Waals surface area contributed by atoms with Gasteiger partial charge in [-0.2, -0.15) is 0 Å². The number of aryl methyl sites for hydroxylation is 2. The van der Waals surface area contributed by atoms with Crippen molar-refractivity contribution in [1.29, 1.82) is 0 Å². The van der Waals surface area contributed by atoms with Crippen molar-refractivity contribution in [3.8, 4) is 0 Å². The van der Waals surface area contributed by atoms with Crippen LogP contribution in [-0.2, 0) is 9.53 Å². The molecule has 16 heavy (non-hydrogen) atoms. The molecule has 0 unspecified atom stereocenters. The second kappa shape index (κ2) is 5.47. The molecule has 0 aromatic heterocycles. The summed E-state index contributed by atoms with van der Waals surface area (Å²) in [5, 5.41) is 8.47. The third kappa shape index (κ3) is 3.21. The molecule has 0 amide bonds. The number of carbonyl (C=O) groups is 1. The molecule has 0 aliphatic heterocycles. The van der Waals surface area contributed by atoms with Gasteiger partial charge in [-0.15, -0.1) is 0 Å². The summed E-state index contributed by atoms with van der Waals surface area (Å²) in [6, 6.07) is 6.00. The van der Waals surface area contributed by atoms with E-state index in [-0.39, 0.29) is 0 Å². The molecule has 1 N–H and O–H groups in total. The molecule has 0 aliphatic rings. The van der Waals surface area contributed by atoms with Gasteiger partial charge in [-0.3, -0.25) is 0 Å². The van der Waals surface area contributed by atoms with E-state index >= 15 is 0 Å². The first-order valence-corrected chi connectivity index (χ1v) is 5.08. The third-order valence-corrected chi connectivity index (χ3v) is 2.31. The highest BCUT2D eigenvalue weighted by Gasteiger charge is 2.05. The lowest BCUT2D eigenvalue weighted by atomic mass is 10.0. The van der Waals surface area contributed by atoms with E-state index in [1.807, 2.05) is 26.0 Å². The first kappa shape index (κ1) is 12.5. The number of esters is 1. The van der Waals surface area contributed by atoms with Crippen LogP contribution in [0.2, 0.25) is 0 Å². The second-order valence-electron chi connectivity index (χ2n) is 3.75. The van der Waals surface area contributed by atoms with Gasteiger partial charge < -0.3 is 9.84 Å². The van der Waals surface area contributed by atoms with Gasteiger partial charge in [-0.05, 0) is 38.0 Å². The van der Waals surface area contributed by atoms with Crippen LogP contribution in [0.5, 0.6) is 0 Å². The normalized spacial score (nSPS) is 11.4. The fourth-order valence-electron chi connectivity index (χ4n) is 1.45. The van der Waals surface area contributed by atoms with Crippen molar-refractivity contribution in [3.63, 3.8) is 0 Å². The molecule has 0 heterocycles. The molecule has 3 heteroatoms. The lowest BCUT2D eigenvalue weighted by Gasteiger charge is -2.04. The first-order chi connectivity index (χ1) is 7.54. The number of ether oxygens (including phenoxy) is 1. The van der Waals surface area contributed by atoms with Crippen molar-refractivity contribution in [3.05, 3.63) is 40.5 Å². The molecule has 0 atom stereocenters. The monoisotopic (exact) mass is 220 g/mol. The van der Waals surface area contributed by atoms with Crippen molar-refractivity contribution in [2.24, 2.45) is 0 Å². The van der Waals surface area contributed by atoms with E-state index in [0.29, 0.717) is 5.57 Å². The molecule has 0 fully saturated rings. The van der Waals surface area contributed by atoms with Gasteiger partial charge in [0.2, 0.25) is 0 Å². The Hall–Kier alpha value is -1.61. The zero-order valence-electron chi connectivity index (χ0n) is 9.78. The second-order valence-corrected chi connectivity index (χ2v) is 3.75. The molecule has 0 bridgehead atoms. The van der Waals surface area contributed by atoms with Crippen molar-refractivity contribution < 1.29 is 14.6 Å². The molecule has 0 aliphatic carbocycles. The zero-order valence-corrected chi connectivity index (χ0v) is 9.78. The number of hydrogen-bond acceptors (Lipinski definition) is 3. The molecule has 0 spiro atoms. The highest BCUT2D eigenvalue weighted by molar-refractivity contribution is 5.93. The van der Waals surface area contributed by atoms with E-state index in [1.54, 1.807) is 13.0 Å². The topological polar surface area (TPSA) is 46.5 Å². The van der Waals surface area contributed by atoms with Gasteiger partial charge in [0.25, 0.3) is 0 Å². The number of aliphatic hydroxyl groups is 1. The fourth-order valence-corrected chi connectivity index (χ4v) is 1.45. The van der Waals surface area contributed by atoms with E-state index in [1.165, 1.54) is 5.56 Å². The van der Waals surface area contributed by atoms with Crippen LogP contribution < -0.4 is 0 Å². The van der Waals surface area contributed by atoms with Gasteiger partial charge in [-0.1, -0.05) is 23.8 Å². The average molecular weight is 220 g/mol. The predicted octanol–water partition coefficient (Wildman–Crippen LogP) is 2.20. The first-order valence-electron chi connectivity index (χ1n) is 5.08. The van der Waals surface area contributed by atoms with Crippen LogP contribution >= 0.6 is 0 Å². The Morgan fingerprint density at radius 3 is 2.69 bits per heavy atom. The standard InChI is InChI=1S/C13H16O3/c1-9-4-5-12(10(2)6-9)7-11(3)13(15)16-8-14/h4-7,14H,8H2,1-3H3/b11-7+. The summed E-state index contributed by atoms with van der Waals surface area (Å²) in [6.07, 6.45) is 1.76. The Morgan fingerprint density at radius 1 is 1.44 bits per heavy atom. The van der Waals surface area contributed by atoms with E-state index in [0.717, 1.165) is 11.1 Å². The summed E-state index contributed by atoms with van der Waals surface area (Å²) in [7, 11) is 0. The lowest BCUT2D eigenvalue weighted by molar-refractivity contribution is -0.146. The fraction of sp³-hybridized carbons (Fsp3) is 0.308. The maximum atomic E-state index is 11.3. The maximum Gasteiger partial charge on any atom is 0.335 e. The van der Waals surface area contributed by atoms with Crippen LogP contribution in [0.4, 0.5) is 0 Å². The molecule has 0 saturated carbocycles. The number of rotatable bonds is 3. The lowest BCUT2D eigenvalue weighted by Crippen LogP contribution is -2.06. The molecule has 1 rings (SSSR count). The quantitative estimate of drug-likeness (QED) is 0.482. The smallest absolute Gasteiger partial charge is 0.335 e. The predicted molar refractivity (Wildman–Crippen MR) is 62.7 cm³/mol. The number of hydrogen-bond donors (Lipinski definition) is 1. The van der Waals surface area contributed by atoms with Crippen LogP contribution in [0.15, 0.2) is 23.8 Å². The number of benzene rings is 1. The summed E-state index contributed by atoms with van der Waals surface area (Å²) >= 11 is 0. The van der Waals surface area contributed by atoms with Gasteiger partial charge in [0.15, 0.2) is 6.79 Å². The summed E-state index contributed by atoms with van der Waals surface area (Å²) in [5.41, 5.74) is 3.75. The molecular formula is C13H16O3. The van der Waals surface area contributed by atoms with Crippen molar-refractivity contribution in [1.82, 2.24) is 0 Å². The van der Waals surface area contributed by atoms with Crippen molar-refractivity contribution in [2.75, 3.05) is 6.79 Å². The average Bonchev–Trinajstić information content (AvgIpc) is 2.22. The van der Waals surface area contributed by atoms with E-state index in [4.69, 9.17) is 5.11 Å². The van der Waals surface area contributed by atoms with Crippen molar-refractivity contribution >= 4 is 12.0 Å². The van der Waals surface area contributed by atoms with E-state index in [9.17, 15) is 4.79 Å². The Kier molecular flexibility index (Phi) is 4.26. The van der Waals surface area contributed by atoms with E-state index in [2.05, 4.69) is 10.8 Å². The van der Waals surface area contributed by atoms with Gasteiger partial charge in [0, 0.05) is 5.57 Å². The minimum Gasteiger partial charge on any atom is -0.435 e. The molecule has 3 nitrogen and oxygen atoms in total. The SMILES string of the molecule is C/C(=C\c1ccc(C)cc1C)C(=O)OCO. The van der Waals surface area contributed by atoms with Crippen LogP contribution in [0.25, 0.3) is 6.08 Å². The summed E-state index contributed by atoms with van der Waals surface area (Å²) < 4.78 is 4.49. The molecule has 86 valence electrons. The molecule has 0 saturated heterocycles. The Morgan fingerprint density at radius 2 is 2.12 bits per heavy atom. The van der Waals surface area contributed by atoms with Crippen LogP contribution in [0.1, 0.15) is 23.6 Å². The molecule has 1 aromatic rings. The van der Waals surface area contributed by atoms with Gasteiger partial charge in [-0.25, -0.2) is 4.79 Å². The van der Waals surface area contributed by atoms with Crippen LogP contribution in [0.3, 0.4) is 0 Å². The third-order valence-electron chi connectivity index (χ3n) is 2.31. The summed E-state index contributed by atoms with van der Waals surface area (Å²) in [5.74, 6) is -0.498. The Labute approximate surface area is 95.4 Å². The highest BCUT2D eigenvalue weighted by atomic mass is 16.6. The van der Waals surface area contributed by atoms with Crippen LogP contribution in [-0.4, -0.2) is 17.9 Å². The molecule has 1 aromatic carbocycles. The number of carbonyl (C=O) groups excluding carboxylic acids is 1. The minimum atomic E-state index is -0.586. The maximum absolute atomic E-state index is 11.3. The van der Waals surface area contributed by atoms with Gasteiger partial charge in [0.1, 0.15) is 0 Å². The largest absolute Gasteiger partial charge is 0.435 e. The zero-order chi connectivity index (χ0) is 12.1. The summed E-state index contributed by atoms with van der Waals surface area (Å²) in [6.45, 7) is 5.09. The van der Waals surface area contributed by atoms with Crippen LogP contribution in [0, 0.1) is 13.8 Å². The molecule has 0 radical (unpaired) electrons. The molecular weight excluding hydrogens is 204 g/mol. The summed E-state index contributed by atoms with van der Waals surface area (Å²) in [4.78, 5) is 11.3. The van der Waals surface area contributed by atoms with Gasteiger partial charge >= 0.3 is 5.97 Å². The Bertz CT molecular complexity index is 419. The highest BCUT2D eigenvalue weighted by Crippen LogP contribution is 2.14. The minimum absolute atomic E-state index is 0.473. The number of aliphatic hydroxyl groups excluding tert-OH is 1. The van der Waals surface area contributed by atoms with Gasteiger partial charge in [0.05, 0.1) is 0 Å². The Balaban J connectivity index is 2.94. The van der Waals surface area contributed by atoms with E-state index < -0.39 is 12.8 Å². The van der Waals surface area contributed by atoms with Crippen molar-refractivity contribution in [2.45, 2.75) is 20.8 Å².